The van der Waals surface area contributed by atoms with Gasteiger partial charge >= 0.3 is 0 Å². The molecule has 0 saturated heterocycles. The van der Waals surface area contributed by atoms with Crippen molar-refractivity contribution in [1.82, 2.24) is 15.0 Å². The van der Waals surface area contributed by atoms with Crippen molar-refractivity contribution < 1.29 is 8.42 Å². The van der Waals surface area contributed by atoms with Gasteiger partial charge in [0, 0.05) is 22.6 Å². The van der Waals surface area contributed by atoms with Gasteiger partial charge in [-0.05, 0) is 24.3 Å². The molecule has 0 aliphatic rings. The Bertz CT molecular complexity index is 1000. The molecule has 0 atom stereocenters. The van der Waals surface area contributed by atoms with Gasteiger partial charge in [0.15, 0.2) is 20.0 Å². The van der Waals surface area contributed by atoms with Crippen LogP contribution in [0.2, 0.25) is 0 Å². The summed E-state index contributed by atoms with van der Waals surface area (Å²) in [5.41, 5.74) is 6.91. The molecule has 10 heteroatoms. The van der Waals surface area contributed by atoms with Gasteiger partial charge in [0.25, 0.3) is 0 Å². The van der Waals surface area contributed by atoms with E-state index in [0.29, 0.717) is 16.5 Å². The van der Waals surface area contributed by atoms with Crippen LogP contribution in [0.5, 0.6) is 0 Å². The molecule has 0 radical (unpaired) electrons. The van der Waals surface area contributed by atoms with E-state index in [-0.39, 0.29) is 10.2 Å². The van der Waals surface area contributed by atoms with Crippen molar-refractivity contribution in [2.75, 3.05) is 17.3 Å². The molecule has 0 unspecified atom stereocenters. The highest BCUT2D eigenvalue weighted by Gasteiger charge is 2.21. The van der Waals surface area contributed by atoms with Crippen molar-refractivity contribution in [2.24, 2.45) is 0 Å². The average molecular weight is 426 g/mol. The number of rotatable bonds is 4. The maximum absolute atomic E-state index is 11.9. The van der Waals surface area contributed by atoms with Crippen molar-refractivity contribution in [2.45, 2.75) is 5.03 Å². The first-order valence-electron chi connectivity index (χ1n) is 6.65. The van der Waals surface area contributed by atoms with Crippen LogP contribution in [0.1, 0.15) is 0 Å². The highest BCUT2D eigenvalue weighted by Crippen LogP contribution is 2.33. The maximum atomic E-state index is 11.9. The van der Waals surface area contributed by atoms with E-state index in [1.54, 1.807) is 12.3 Å². The fraction of sp³-hybridized carbons (Fsp3) is 0.0714. The Kier molecular flexibility index (Phi) is 4.52. The third kappa shape index (κ3) is 3.71. The van der Waals surface area contributed by atoms with Gasteiger partial charge in [-0.2, -0.15) is 0 Å². The molecule has 3 rings (SSSR count). The fourth-order valence-electron chi connectivity index (χ4n) is 1.98. The Labute approximate surface area is 151 Å². The van der Waals surface area contributed by atoms with Crippen LogP contribution in [-0.2, 0) is 9.84 Å². The molecule has 24 heavy (non-hydrogen) atoms. The van der Waals surface area contributed by atoms with E-state index in [1.807, 2.05) is 24.3 Å². The smallest absolute Gasteiger partial charge is 0.227 e. The molecular formula is C14H12BrN5O2S2. The van der Waals surface area contributed by atoms with Gasteiger partial charge in [-0.3, -0.25) is 0 Å². The lowest BCUT2D eigenvalue weighted by Gasteiger charge is -2.06. The van der Waals surface area contributed by atoms with Gasteiger partial charge in [-0.25, -0.2) is 23.4 Å². The van der Waals surface area contributed by atoms with Crippen LogP contribution in [-0.4, -0.2) is 29.6 Å². The number of hydrogen-bond donors (Lipinski definition) is 2. The zero-order chi connectivity index (χ0) is 17.3. The van der Waals surface area contributed by atoms with Crippen LogP contribution in [0.25, 0.3) is 10.6 Å². The quantitative estimate of drug-likeness (QED) is 0.660. The summed E-state index contributed by atoms with van der Waals surface area (Å²) in [5, 5.41) is 3.17. The summed E-state index contributed by atoms with van der Waals surface area (Å²) in [5.74, 6) is 0.344. The molecule has 1 aromatic carbocycles. The normalized spacial score (nSPS) is 11.4. The molecule has 0 amide bonds. The van der Waals surface area contributed by atoms with Crippen molar-refractivity contribution >= 4 is 53.9 Å². The Hall–Kier alpha value is -2.04. The summed E-state index contributed by atoms with van der Waals surface area (Å²) in [6.45, 7) is 0. The highest BCUT2D eigenvalue weighted by molar-refractivity contribution is 9.10. The predicted octanol–water partition coefficient (Wildman–Crippen LogP) is 3.09. The van der Waals surface area contributed by atoms with E-state index in [1.165, 1.54) is 0 Å². The van der Waals surface area contributed by atoms with Crippen molar-refractivity contribution in [1.29, 1.82) is 0 Å². The molecule has 0 spiro atoms. The van der Waals surface area contributed by atoms with Gasteiger partial charge < -0.3 is 11.1 Å². The number of thiazole rings is 1. The second kappa shape index (κ2) is 6.46. The number of nitrogens with two attached hydrogens (primary N) is 1. The van der Waals surface area contributed by atoms with Gasteiger partial charge in [0.1, 0.15) is 0 Å². The number of anilines is 3. The number of sulfone groups is 1. The summed E-state index contributed by atoms with van der Waals surface area (Å²) in [7, 11) is -3.51. The molecule has 0 saturated carbocycles. The van der Waals surface area contributed by atoms with Crippen LogP contribution in [0.15, 0.2) is 46.0 Å². The van der Waals surface area contributed by atoms with E-state index in [4.69, 9.17) is 5.73 Å². The summed E-state index contributed by atoms with van der Waals surface area (Å²) in [6, 6.07) is 9.15. The first-order valence-corrected chi connectivity index (χ1v) is 10.2. The first kappa shape index (κ1) is 16.8. The Morgan fingerprint density at radius 3 is 2.75 bits per heavy atom. The lowest BCUT2D eigenvalue weighted by atomic mass is 10.3. The molecule has 0 bridgehead atoms. The van der Waals surface area contributed by atoms with Crippen molar-refractivity contribution in [3.63, 3.8) is 0 Å². The molecule has 0 aliphatic carbocycles. The minimum Gasteiger partial charge on any atom is -0.375 e. The van der Waals surface area contributed by atoms with E-state index in [0.717, 1.165) is 27.8 Å². The van der Waals surface area contributed by atoms with E-state index in [9.17, 15) is 8.42 Å². The largest absolute Gasteiger partial charge is 0.375 e. The number of benzene rings is 1. The fourth-order valence-corrected chi connectivity index (χ4v) is 4.41. The predicted molar refractivity (Wildman–Crippen MR) is 98.1 cm³/mol. The monoisotopic (exact) mass is 425 g/mol. The molecule has 7 nitrogen and oxygen atoms in total. The summed E-state index contributed by atoms with van der Waals surface area (Å²) in [6.07, 6.45) is 2.64. The minimum atomic E-state index is -3.51. The lowest BCUT2D eigenvalue weighted by Crippen LogP contribution is -2.02. The Morgan fingerprint density at radius 2 is 2.04 bits per heavy atom. The Morgan fingerprint density at radius 1 is 1.25 bits per heavy atom. The van der Waals surface area contributed by atoms with E-state index >= 15 is 0 Å². The molecule has 3 N–H and O–H groups in total. The van der Waals surface area contributed by atoms with Gasteiger partial charge in [-0.1, -0.05) is 33.3 Å². The maximum Gasteiger partial charge on any atom is 0.227 e. The third-order valence-corrected chi connectivity index (χ3v) is 5.46. The number of halogens is 1. The molecule has 0 aliphatic heterocycles. The lowest BCUT2D eigenvalue weighted by molar-refractivity contribution is 0.599. The van der Waals surface area contributed by atoms with Crippen LogP contribution >= 0.6 is 27.3 Å². The third-order valence-electron chi connectivity index (χ3n) is 2.93. The number of aromatic nitrogens is 3. The van der Waals surface area contributed by atoms with Gasteiger partial charge in [-0.15, -0.1) is 0 Å². The zero-order valence-corrected chi connectivity index (χ0v) is 15.6. The molecular weight excluding hydrogens is 414 g/mol. The van der Waals surface area contributed by atoms with Crippen LogP contribution in [0.3, 0.4) is 0 Å². The highest BCUT2D eigenvalue weighted by atomic mass is 79.9. The van der Waals surface area contributed by atoms with Crippen LogP contribution in [0, 0.1) is 0 Å². The van der Waals surface area contributed by atoms with Crippen molar-refractivity contribution in [3.05, 3.63) is 41.0 Å². The van der Waals surface area contributed by atoms with E-state index < -0.39 is 9.84 Å². The summed E-state index contributed by atoms with van der Waals surface area (Å²) < 4.78 is 24.7. The average Bonchev–Trinajstić information content (AvgIpc) is 2.90. The Balaban J connectivity index is 2.00. The van der Waals surface area contributed by atoms with Crippen molar-refractivity contribution in [3.8, 4) is 10.6 Å². The second-order valence-electron chi connectivity index (χ2n) is 4.86. The summed E-state index contributed by atoms with van der Waals surface area (Å²) >= 11 is 4.47. The molecule has 3 aromatic rings. The molecule has 124 valence electrons. The standard InChI is InChI=1S/C14H12BrN5O2S2/c1-24(21,22)12-11(23-13(16)20-12)10-5-6-17-14(19-10)18-9-4-2-3-8(15)7-9/h2-7H,1H3,(H2,16,20)(H,17,18,19). The second-order valence-corrected chi connectivity index (χ2v) is 8.74. The minimum absolute atomic E-state index is 0.0721. The number of nitrogens with zero attached hydrogens (tertiary/aromatic N) is 3. The van der Waals surface area contributed by atoms with E-state index in [2.05, 4.69) is 36.2 Å². The molecule has 2 aromatic heterocycles. The molecule has 0 fully saturated rings. The van der Waals surface area contributed by atoms with Gasteiger partial charge in [0.05, 0.1) is 10.6 Å². The van der Waals surface area contributed by atoms with Gasteiger partial charge in [0.2, 0.25) is 5.95 Å². The molecule has 2 heterocycles. The van der Waals surface area contributed by atoms with Crippen LogP contribution in [0.4, 0.5) is 16.8 Å². The number of hydrogen-bond acceptors (Lipinski definition) is 8. The topological polar surface area (TPSA) is 111 Å². The SMILES string of the molecule is CS(=O)(=O)c1nc(N)sc1-c1ccnc(Nc2cccc(Br)c2)n1. The number of nitrogens with one attached hydrogen (secondary N) is 1. The zero-order valence-electron chi connectivity index (χ0n) is 12.4. The summed E-state index contributed by atoms with van der Waals surface area (Å²) in [4.78, 5) is 12.8. The first-order chi connectivity index (χ1) is 11.3. The van der Waals surface area contributed by atoms with Crippen LogP contribution < -0.4 is 11.1 Å². The number of nitrogen functional groups attached to an aromatic ring is 1.